The van der Waals surface area contributed by atoms with Gasteiger partial charge in [-0.15, -0.1) is 0 Å². The molecule has 0 fully saturated rings. The lowest BCUT2D eigenvalue weighted by atomic mass is 9.92. The van der Waals surface area contributed by atoms with Crippen molar-refractivity contribution in [2.45, 2.75) is 19.4 Å². The van der Waals surface area contributed by atoms with E-state index in [-0.39, 0.29) is 0 Å². The predicted octanol–water partition coefficient (Wildman–Crippen LogP) is 3.03. The maximum absolute atomic E-state index is 13.4. The standard InChI is InChI=1S/C11H12ClFN2/c1-2-7(6-14)11(15)9-5-8(12)3-4-10(9)13/h3-5,7,11H,2,15H2,1H3. The first-order valence-electron chi connectivity index (χ1n) is 4.70. The Bertz CT molecular complexity index is 387. The van der Waals surface area contributed by atoms with Crippen molar-refractivity contribution < 1.29 is 4.39 Å². The molecule has 0 aromatic heterocycles. The van der Waals surface area contributed by atoms with E-state index < -0.39 is 17.8 Å². The topological polar surface area (TPSA) is 49.8 Å². The van der Waals surface area contributed by atoms with Gasteiger partial charge in [-0.1, -0.05) is 18.5 Å². The average molecular weight is 227 g/mol. The van der Waals surface area contributed by atoms with Crippen LogP contribution in [0.4, 0.5) is 4.39 Å². The molecule has 4 heteroatoms. The van der Waals surface area contributed by atoms with E-state index in [1.807, 2.05) is 6.92 Å². The Kier molecular flexibility index (Phi) is 4.07. The molecule has 1 rings (SSSR count). The molecule has 15 heavy (non-hydrogen) atoms. The zero-order valence-corrected chi connectivity index (χ0v) is 9.13. The molecule has 0 heterocycles. The lowest BCUT2D eigenvalue weighted by Crippen LogP contribution is -2.20. The summed E-state index contributed by atoms with van der Waals surface area (Å²) >= 11 is 5.75. The largest absolute Gasteiger partial charge is 0.323 e. The molecule has 1 aromatic rings. The van der Waals surface area contributed by atoms with Crippen LogP contribution in [0.1, 0.15) is 24.9 Å². The first-order chi connectivity index (χ1) is 7.10. The highest BCUT2D eigenvalue weighted by Gasteiger charge is 2.20. The number of hydrogen-bond acceptors (Lipinski definition) is 2. The van der Waals surface area contributed by atoms with Crippen molar-refractivity contribution in [1.29, 1.82) is 5.26 Å². The maximum Gasteiger partial charge on any atom is 0.128 e. The van der Waals surface area contributed by atoms with E-state index in [2.05, 4.69) is 6.07 Å². The van der Waals surface area contributed by atoms with Crippen molar-refractivity contribution in [3.05, 3.63) is 34.6 Å². The van der Waals surface area contributed by atoms with Gasteiger partial charge in [0.25, 0.3) is 0 Å². The van der Waals surface area contributed by atoms with Crippen molar-refractivity contribution in [2.24, 2.45) is 11.7 Å². The van der Waals surface area contributed by atoms with E-state index in [1.54, 1.807) is 0 Å². The predicted molar refractivity (Wildman–Crippen MR) is 57.7 cm³/mol. The van der Waals surface area contributed by atoms with Crippen molar-refractivity contribution in [3.63, 3.8) is 0 Å². The van der Waals surface area contributed by atoms with Crippen molar-refractivity contribution in [1.82, 2.24) is 0 Å². The molecule has 2 N–H and O–H groups in total. The summed E-state index contributed by atoms with van der Waals surface area (Å²) in [5.41, 5.74) is 6.11. The number of hydrogen-bond donors (Lipinski definition) is 1. The summed E-state index contributed by atoms with van der Waals surface area (Å²) < 4.78 is 13.4. The molecule has 1 aromatic carbocycles. The molecular formula is C11H12ClFN2. The summed E-state index contributed by atoms with van der Waals surface area (Å²) in [5.74, 6) is -0.807. The summed E-state index contributed by atoms with van der Waals surface area (Å²) in [6, 6.07) is 5.63. The van der Waals surface area contributed by atoms with Crippen LogP contribution in [0.2, 0.25) is 5.02 Å². The van der Waals surface area contributed by atoms with Crippen LogP contribution >= 0.6 is 11.6 Å². The second kappa shape index (κ2) is 5.11. The second-order valence-corrected chi connectivity index (χ2v) is 3.77. The number of nitrogens with two attached hydrogens (primary N) is 1. The van der Waals surface area contributed by atoms with Gasteiger partial charge in [0, 0.05) is 16.6 Å². The van der Waals surface area contributed by atoms with E-state index in [1.165, 1.54) is 18.2 Å². The summed E-state index contributed by atoms with van der Waals surface area (Å²) in [6.45, 7) is 1.84. The van der Waals surface area contributed by atoms with Crippen LogP contribution in [0.15, 0.2) is 18.2 Å². The van der Waals surface area contributed by atoms with E-state index in [9.17, 15) is 4.39 Å². The molecule has 0 bridgehead atoms. The Balaban J connectivity index is 3.05. The highest BCUT2D eigenvalue weighted by atomic mass is 35.5. The third kappa shape index (κ3) is 2.68. The van der Waals surface area contributed by atoms with Crippen molar-refractivity contribution in [3.8, 4) is 6.07 Å². The van der Waals surface area contributed by atoms with Gasteiger partial charge in [-0.25, -0.2) is 4.39 Å². The summed E-state index contributed by atoms with van der Waals surface area (Å²) in [7, 11) is 0. The van der Waals surface area contributed by atoms with Crippen molar-refractivity contribution in [2.75, 3.05) is 0 Å². The number of halogens is 2. The Labute approximate surface area is 93.5 Å². The lowest BCUT2D eigenvalue weighted by molar-refractivity contribution is 0.489. The fraction of sp³-hybridized carbons (Fsp3) is 0.364. The Morgan fingerprint density at radius 2 is 2.27 bits per heavy atom. The van der Waals surface area contributed by atoms with Crippen LogP contribution in [-0.4, -0.2) is 0 Å². The molecule has 2 atom stereocenters. The minimum Gasteiger partial charge on any atom is -0.323 e. The number of benzene rings is 1. The second-order valence-electron chi connectivity index (χ2n) is 3.34. The number of nitriles is 1. The van der Waals surface area contributed by atoms with Gasteiger partial charge in [-0.3, -0.25) is 0 Å². The lowest BCUT2D eigenvalue weighted by Gasteiger charge is -2.17. The SMILES string of the molecule is CCC(C#N)C(N)c1cc(Cl)ccc1F. The van der Waals surface area contributed by atoms with Crippen LogP contribution < -0.4 is 5.73 Å². The molecule has 2 nitrogen and oxygen atoms in total. The number of nitrogens with zero attached hydrogens (tertiary/aromatic N) is 1. The quantitative estimate of drug-likeness (QED) is 0.861. The minimum atomic E-state index is -0.626. The van der Waals surface area contributed by atoms with Crippen molar-refractivity contribution >= 4 is 11.6 Å². The molecule has 0 saturated heterocycles. The minimum absolute atomic E-state index is 0.302. The summed E-state index contributed by atoms with van der Waals surface area (Å²) in [5, 5.41) is 9.26. The smallest absolute Gasteiger partial charge is 0.128 e. The maximum atomic E-state index is 13.4. The average Bonchev–Trinajstić information content (AvgIpc) is 2.23. The molecule has 0 radical (unpaired) electrons. The molecule has 0 amide bonds. The third-order valence-corrected chi connectivity index (χ3v) is 2.59. The summed E-state index contributed by atoms with van der Waals surface area (Å²) in [6.07, 6.45) is 0.587. The van der Waals surface area contributed by atoms with E-state index in [0.717, 1.165) is 0 Å². The Hall–Kier alpha value is -1.11. The fourth-order valence-electron chi connectivity index (χ4n) is 1.41. The molecule has 0 aliphatic carbocycles. The zero-order chi connectivity index (χ0) is 11.4. The van der Waals surface area contributed by atoms with Gasteiger partial charge in [-0.2, -0.15) is 5.26 Å². The zero-order valence-electron chi connectivity index (χ0n) is 8.37. The Morgan fingerprint density at radius 1 is 1.60 bits per heavy atom. The molecule has 0 aliphatic rings. The molecule has 80 valence electrons. The molecule has 0 aliphatic heterocycles. The Morgan fingerprint density at radius 3 is 2.80 bits per heavy atom. The van der Waals surface area contributed by atoms with Crippen LogP contribution in [0.25, 0.3) is 0 Å². The first kappa shape index (κ1) is 12.0. The normalized spacial score (nSPS) is 14.3. The van der Waals surface area contributed by atoms with Gasteiger partial charge in [0.1, 0.15) is 5.82 Å². The van der Waals surface area contributed by atoms with Gasteiger partial charge in [-0.05, 0) is 24.6 Å². The van der Waals surface area contributed by atoms with Crippen LogP contribution in [0.3, 0.4) is 0 Å². The summed E-state index contributed by atoms with van der Waals surface area (Å²) in [4.78, 5) is 0. The number of rotatable bonds is 3. The van der Waals surface area contributed by atoms with E-state index in [0.29, 0.717) is 17.0 Å². The van der Waals surface area contributed by atoms with Gasteiger partial charge in [0.2, 0.25) is 0 Å². The highest BCUT2D eigenvalue weighted by Crippen LogP contribution is 2.26. The molecule has 0 saturated carbocycles. The third-order valence-electron chi connectivity index (χ3n) is 2.36. The van der Waals surface area contributed by atoms with E-state index >= 15 is 0 Å². The van der Waals surface area contributed by atoms with Crippen LogP contribution in [-0.2, 0) is 0 Å². The van der Waals surface area contributed by atoms with Gasteiger partial charge in [0.05, 0.1) is 12.0 Å². The molecule has 2 unspecified atom stereocenters. The highest BCUT2D eigenvalue weighted by molar-refractivity contribution is 6.30. The molecule has 0 spiro atoms. The first-order valence-corrected chi connectivity index (χ1v) is 5.08. The van der Waals surface area contributed by atoms with Gasteiger partial charge in [0.15, 0.2) is 0 Å². The fourth-order valence-corrected chi connectivity index (χ4v) is 1.59. The van der Waals surface area contributed by atoms with Gasteiger partial charge < -0.3 is 5.73 Å². The van der Waals surface area contributed by atoms with Gasteiger partial charge >= 0.3 is 0 Å². The van der Waals surface area contributed by atoms with Crippen LogP contribution in [0, 0.1) is 23.1 Å². The van der Waals surface area contributed by atoms with E-state index in [4.69, 9.17) is 22.6 Å². The van der Waals surface area contributed by atoms with Crippen LogP contribution in [0.5, 0.6) is 0 Å². The molecular weight excluding hydrogens is 215 g/mol. The monoisotopic (exact) mass is 226 g/mol.